The minimum absolute atomic E-state index is 0.308. The number of amides is 1. The van der Waals surface area contributed by atoms with Gasteiger partial charge < -0.3 is 16.8 Å². The van der Waals surface area contributed by atoms with Gasteiger partial charge >= 0.3 is 0 Å². The molecule has 0 aliphatic heterocycles. The Morgan fingerprint density at radius 2 is 1.61 bits per heavy atom. The maximum absolute atomic E-state index is 12.0. The van der Waals surface area contributed by atoms with Crippen molar-refractivity contribution in [1.29, 1.82) is 0 Å². The van der Waals surface area contributed by atoms with Crippen LogP contribution in [0, 0.1) is 0 Å². The zero-order chi connectivity index (χ0) is 13.1. The van der Waals surface area contributed by atoms with Crippen molar-refractivity contribution in [3.63, 3.8) is 0 Å². The Morgan fingerprint density at radius 3 is 2.28 bits per heavy atom. The fraction of sp³-hybridized carbons (Fsp3) is 0. The van der Waals surface area contributed by atoms with E-state index in [1.54, 1.807) is 36.4 Å². The van der Waals surface area contributed by atoms with Crippen LogP contribution in [-0.4, -0.2) is 5.91 Å². The normalized spacial score (nSPS) is 10.1. The quantitative estimate of drug-likeness (QED) is 0.727. The largest absolute Gasteiger partial charge is 0.399 e. The van der Waals surface area contributed by atoms with Crippen LogP contribution in [0.3, 0.4) is 0 Å². The lowest BCUT2D eigenvalue weighted by atomic mass is 10.2. The third-order valence-electron chi connectivity index (χ3n) is 2.40. The molecule has 0 saturated carbocycles. The van der Waals surface area contributed by atoms with Crippen LogP contribution in [0.25, 0.3) is 0 Å². The highest BCUT2D eigenvalue weighted by atomic mass is 35.5. The number of nitrogen functional groups attached to an aromatic ring is 2. The summed E-state index contributed by atoms with van der Waals surface area (Å²) >= 11 is 5.95. The zero-order valence-electron chi connectivity index (χ0n) is 9.48. The van der Waals surface area contributed by atoms with Crippen LogP contribution in [0.2, 0.25) is 5.02 Å². The number of nitrogens with one attached hydrogen (secondary N) is 1. The van der Waals surface area contributed by atoms with E-state index in [0.717, 1.165) is 0 Å². The first-order chi connectivity index (χ1) is 8.56. The summed E-state index contributed by atoms with van der Waals surface area (Å²) in [5.41, 5.74) is 13.3. The fourth-order valence-corrected chi connectivity index (χ4v) is 1.69. The molecule has 5 N–H and O–H groups in total. The first-order valence-corrected chi connectivity index (χ1v) is 5.66. The van der Waals surface area contributed by atoms with E-state index in [2.05, 4.69) is 5.32 Å². The van der Waals surface area contributed by atoms with Gasteiger partial charge in [-0.25, -0.2) is 0 Å². The molecule has 5 heteroatoms. The molecule has 0 saturated heterocycles. The van der Waals surface area contributed by atoms with Crippen molar-refractivity contribution in [2.24, 2.45) is 0 Å². The summed E-state index contributed by atoms with van der Waals surface area (Å²) in [5.74, 6) is -0.308. The highest BCUT2D eigenvalue weighted by Gasteiger charge is 2.10. The first kappa shape index (κ1) is 12.3. The maximum Gasteiger partial charge on any atom is 0.257 e. The average molecular weight is 262 g/mol. The predicted octanol–water partition coefficient (Wildman–Crippen LogP) is 2.76. The molecule has 2 aromatic rings. The lowest BCUT2D eigenvalue weighted by Gasteiger charge is -2.07. The topological polar surface area (TPSA) is 81.1 Å². The van der Waals surface area contributed by atoms with E-state index >= 15 is 0 Å². The van der Waals surface area contributed by atoms with Crippen LogP contribution in [0.15, 0.2) is 42.5 Å². The number of rotatable bonds is 2. The molecule has 2 aromatic carbocycles. The Labute approximate surface area is 110 Å². The van der Waals surface area contributed by atoms with Gasteiger partial charge in [0, 0.05) is 17.1 Å². The van der Waals surface area contributed by atoms with E-state index in [9.17, 15) is 4.79 Å². The number of nitrogens with two attached hydrogens (primary N) is 2. The number of carbonyl (C=O) groups excluding carboxylic acids is 1. The third kappa shape index (κ3) is 2.73. The Balaban J connectivity index is 2.21. The highest BCUT2D eigenvalue weighted by Crippen LogP contribution is 2.20. The SMILES string of the molecule is Nc1ccc(NC(=O)c2cc(N)ccc2Cl)cc1. The molecule has 0 aliphatic carbocycles. The smallest absolute Gasteiger partial charge is 0.257 e. The molecule has 4 nitrogen and oxygen atoms in total. The lowest BCUT2D eigenvalue weighted by molar-refractivity contribution is 0.102. The molecule has 18 heavy (non-hydrogen) atoms. The van der Waals surface area contributed by atoms with Crippen molar-refractivity contribution in [1.82, 2.24) is 0 Å². The molecule has 1 amide bonds. The van der Waals surface area contributed by atoms with Crippen molar-refractivity contribution in [3.8, 4) is 0 Å². The predicted molar refractivity (Wildman–Crippen MR) is 74.7 cm³/mol. The van der Waals surface area contributed by atoms with Gasteiger partial charge in [-0.3, -0.25) is 4.79 Å². The minimum atomic E-state index is -0.308. The standard InChI is InChI=1S/C13H12ClN3O/c14-12-6-3-9(16)7-11(12)13(18)17-10-4-1-8(15)2-5-10/h1-7H,15-16H2,(H,17,18). The second-order valence-electron chi connectivity index (χ2n) is 3.82. The Kier molecular flexibility index (Phi) is 3.39. The van der Waals surface area contributed by atoms with Crippen LogP contribution in [0.5, 0.6) is 0 Å². The van der Waals surface area contributed by atoms with Gasteiger partial charge in [-0.05, 0) is 42.5 Å². The van der Waals surface area contributed by atoms with Crippen molar-refractivity contribution >= 4 is 34.6 Å². The van der Waals surface area contributed by atoms with Gasteiger partial charge in [0.1, 0.15) is 0 Å². The summed E-state index contributed by atoms with van der Waals surface area (Å²) in [6, 6.07) is 11.6. The second-order valence-corrected chi connectivity index (χ2v) is 4.22. The van der Waals surface area contributed by atoms with E-state index in [-0.39, 0.29) is 5.91 Å². The van der Waals surface area contributed by atoms with Crippen molar-refractivity contribution in [3.05, 3.63) is 53.1 Å². The van der Waals surface area contributed by atoms with Gasteiger partial charge in [-0.1, -0.05) is 11.6 Å². The lowest BCUT2D eigenvalue weighted by Crippen LogP contribution is -2.12. The summed E-state index contributed by atoms with van der Waals surface area (Å²) in [6.45, 7) is 0. The summed E-state index contributed by atoms with van der Waals surface area (Å²) in [7, 11) is 0. The van der Waals surface area contributed by atoms with Crippen LogP contribution < -0.4 is 16.8 Å². The molecule has 0 aromatic heterocycles. The Morgan fingerprint density at radius 1 is 1.00 bits per heavy atom. The molecule has 0 unspecified atom stereocenters. The van der Waals surface area contributed by atoms with Gasteiger partial charge in [0.15, 0.2) is 0 Å². The first-order valence-electron chi connectivity index (χ1n) is 5.28. The Hall–Kier alpha value is -2.20. The van der Waals surface area contributed by atoms with E-state index in [4.69, 9.17) is 23.1 Å². The number of benzene rings is 2. The zero-order valence-corrected chi connectivity index (χ0v) is 10.2. The molecule has 0 spiro atoms. The maximum atomic E-state index is 12.0. The van der Waals surface area contributed by atoms with Gasteiger partial charge in [-0.2, -0.15) is 0 Å². The highest BCUT2D eigenvalue weighted by molar-refractivity contribution is 6.34. The number of hydrogen-bond donors (Lipinski definition) is 3. The third-order valence-corrected chi connectivity index (χ3v) is 2.73. The molecular weight excluding hydrogens is 250 g/mol. The van der Waals surface area contributed by atoms with E-state index in [1.165, 1.54) is 6.07 Å². The monoisotopic (exact) mass is 261 g/mol. The van der Waals surface area contributed by atoms with E-state index < -0.39 is 0 Å². The van der Waals surface area contributed by atoms with Gasteiger partial charge in [-0.15, -0.1) is 0 Å². The van der Waals surface area contributed by atoms with Crippen LogP contribution in [0.4, 0.5) is 17.1 Å². The van der Waals surface area contributed by atoms with Crippen LogP contribution in [-0.2, 0) is 0 Å². The molecule has 0 bridgehead atoms. The summed E-state index contributed by atoms with van der Waals surface area (Å²) in [5, 5.41) is 3.08. The average Bonchev–Trinajstić information content (AvgIpc) is 2.35. The van der Waals surface area contributed by atoms with Gasteiger partial charge in [0.2, 0.25) is 0 Å². The van der Waals surface area contributed by atoms with E-state index in [0.29, 0.717) is 27.6 Å². The van der Waals surface area contributed by atoms with Crippen LogP contribution in [0.1, 0.15) is 10.4 Å². The number of carbonyl (C=O) groups is 1. The van der Waals surface area contributed by atoms with Gasteiger partial charge in [0.05, 0.1) is 10.6 Å². The summed E-state index contributed by atoms with van der Waals surface area (Å²) in [6.07, 6.45) is 0. The van der Waals surface area contributed by atoms with Crippen molar-refractivity contribution < 1.29 is 4.79 Å². The number of hydrogen-bond acceptors (Lipinski definition) is 3. The van der Waals surface area contributed by atoms with E-state index in [1.807, 2.05) is 0 Å². The molecule has 0 heterocycles. The molecule has 0 aliphatic rings. The van der Waals surface area contributed by atoms with Crippen molar-refractivity contribution in [2.75, 3.05) is 16.8 Å². The Bertz CT molecular complexity index is 581. The number of anilines is 3. The molecule has 2 rings (SSSR count). The van der Waals surface area contributed by atoms with Crippen LogP contribution >= 0.6 is 11.6 Å². The molecular formula is C13H12ClN3O. The molecule has 92 valence electrons. The molecule has 0 fully saturated rings. The molecule has 0 atom stereocenters. The minimum Gasteiger partial charge on any atom is -0.399 e. The fourth-order valence-electron chi connectivity index (χ4n) is 1.48. The second kappa shape index (κ2) is 4.98. The molecule has 0 radical (unpaired) electrons. The van der Waals surface area contributed by atoms with Crippen molar-refractivity contribution in [2.45, 2.75) is 0 Å². The summed E-state index contributed by atoms with van der Waals surface area (Å²) in [4.78, 5) is 12.0. The summed E-state index contributed by atoms with van der Waals surface area (Å²) < 4.78 is 0. The number of halogens is 1. The van der Waals surface area contributed by atoms with Gasteiger partial charge in [0.25, 0.3) is 5.91 Å².